The van der Waals surface area contributed by atoms with Gasteiger partial charge in [-0.15, -0.1) is 0 Å². The van der Waals surface area contributed by atoms with Crippen LogP contribution < -0.4 is 5.32 Å². The van der Waals surface area contributed by atoms with Crippen LogP contribution in [0.2, 0.25) is 5.28 Å². The Bertz CT molecular complexity index is 1070. The first-order valence-electron chi connectivity index (χ1n) is 10.1. The van der Waals surface area contributed by atoms with Crippen LogP contribution in [0.4, 0.5) is 10.6 Å². The summed E-state index contributed by atoms with van der Waals surface area (Å²) in [7, 11) is 0. The summed E-state index contributed by atoms with van der Waals surface area (Å²) in [6, 6.07) is 8.26. The Morgan fingerprint density at radius 2 is 2.10 bits per heavy atom. The van der Waals surface area contributed by atoms with Gasteiger partial charge < -0.3 is 19.9 Å². The molecule has 0 radical (unpaired) electrons. The zero-order chi connectivity index (χ0) is 21.3. The van der Waals surface area contributed by atoms with E-state index in [4.69, 9.17) is 16.3 Å². The van der Waals surface area contributed by atoms with Gasteiger partial charge in [0.2, 0.25) is 5.28 Å². The molecule has 0 aliphatic carbocycles. The quantitative estimate of drug-likeness (QED) is 0.596. The molecule has 30 heavy (non-hydrogen) atoms. The van der Waals surface area contributed by atoms with Gasteiger partial charge in [0.15, 0.2) is 0 Å². The van der Waals surface area contributed by atoms with Gasteiger partial charge >= 0.3 is 6.09 Å². The largest absolute Gasteiger partial charge is 0.444 e. The molecule has 0 unspecified atom stereocenters. The second-order valence-corrected chi connectivity index (χ2v) is 8.79. The number of amides is 1. The van der Waals surface area contributed by atoms with E-state index in [1.165, 1.54) is 10.9 Å². The molecule has 3 heterocycles. The summed E-state index contributed by atoms with van der Waals surface area (Å²) in [6.45, 7) is 7.22. The van der Waals surface area contributed by atoms with E-state index < -0.39 is 5.60 Å². The molecule has 0 atom stereocenters. The zero-order valence-electron chi connectivity index (χ0n) is 17.5. The molecule has 0 fully saturated rings. The van der Waals surface area contributed by atoms with Crippen molar-refractivity contribution >= 4 is 34.4 Å². The molecular weight excluding hydrogens is 402 g/mol. The number of hydrogen-bond acceptors (Lipinski definition) is 5. The van der Waals surface area contributed by atoms with Crippen LogP contribution in [0.25, 0.3) is 10.9 Å². The predicted octanol–water partition coefficient (Wildman–Crippen LogP) is 4.56. The van der Waals surface area contributed by atoms with Crippen LogP contribution in [0.1, 0.15) is 37.6 Å². The molecule has 0 saturated heterocycles. The highest BCUT2D eigenvalue weighted by Gasteiger charge is 2.28. The number of benzene rings is 1. The van der Waals surface area contributed by atoms with E-state index in [0.717, 1.165) is 35.6 Å². The van der Waals surface area contributed by atoms with Gasteiger partial charge in [-0.2, -0.15) is 0 Å². The SMILES string of the molecule is CC(C)(C)OC(=O)N1CCc2c(nc(Cl)nc2NCCc2c[nH]c3ccccc23)C1. The number of aromatic amines is 1. The van der Waals surface area contributed by atoms with Crippen molar-refractivity contribution in [1.82, 2.24) is 19.9 Å². The van der Waals surface area contributed by atoms with Crippen LogP contribution in [0, 0.1) is 0 Å². The fraction of sp³-hybridized carbons (Fsp3) is 0.409. The third kappa shape index (κ3) is 4.51. The number of rotatable bonds is 4. The number of para-hydroxylation sites is 1. The van der Waals surface area contributed by atoms with Gasteiger partial charge in [0, 0.05) is 35.8 Å². The van der Waals surface area contributed by atoms with Crippen LogP contribution in [-0.2, 0) is 24.1 Å². The van der Waals surface area contributed by atoms with Crippen LogP contribution >= 0.6 is 11.6 Å². The van der Waals surface area contributed by atoms with Crippen molar-refractivity contribution in [3.63, 3.8) is 0 Å². The molecule has 0 spiro atoms. The molecule has 1 aromatic carbocycles. The van der Waals surface area contributed by atoms with Gasteiger partial charge in [0.25, 0.3) is 0 Å². The van der Waals surface area contributed by atoms with E-state index in [-0.39, 0.29) is 11.4 Å². The Kier molecular flexibility index (Phi) is 5.56. The van der Waals surface area contributed by atoms with Crippen LogP contribution in [0.3, 0.4) is 0 Å². The maximum Gasteiger partial charge on any atom is 0.410 e. The molecule has 4 rings (SSSR count). The van der Waals surface area contributed by atoms with Crippen molar-refractivity contribution in [2.24, 2.45) is 0 Å². The van der Waals surface area contributed by atoms with Crippen molar-refractivity contribution in [3.05, 3.63) is 52.6 Å². The van der Waals surface area contributed by atoms with Crippen molar-refractivity contribution in [2.45, 2.75) is 45.8 Å². The zero-order valence-corrected chi connectivity index (χ0v) is 18.2. The number of anilines is 1. The Morgan fingerprint density at radius 1 is 1.30 bits per heavy atom. The normalized spacial score (nSPS) is 13.9. The first-order chi connectivity index (χ1) is 14.3. The average Bonchev–Trinajstić information content (AvgIpc) is 3.09. The maximum absolute atomic E-state index is 12.4. The molecule has 0 saturated carbocycles. The first-order valence-corrected chi connectivity index (χ1v) is 10.5. The molecule has 0 bridgehead atoms. The number of H-pyrrole nitrogens is 1. The Hall–Kier alpha value is -2.80. The molecule has 1 aliphatic heterocycles. The molecule has 8 heteroatoms. The van der Waals surface area contributed by atoms with Gasteiger partial charge in [-0.1, -0.05) is 18.2 Å². The van der Waals surface area contributed by atoms with E-state index >= 15 is 0 Å². The number of carbonyl (C=O) groups excluding carboxylic acids is 1. The van der Waals surface area contributed by atoms with Gasteiger partial charge in [-0.05, 0) is 56.8 Å². The van der Waals surface area contributed by atoms with Crippen molar-refractivity contribution in [2.75, 3.05) is 18.4 Å². The standard InChI is InChI=1S/C22H26ClN5O2/c1-22(2,3)30-21(29)28-11-9-16-18(13-28)26-20(23)27-19(16)24-10-8-14-12-25-17-7-5-4-6-15(14)17/h4-7,12,25H,8-11,13H2,1-3H3,(H,24,26,27). The molecule has 7 nitrogen and oxygen atoms in total. The van der Waals surface area contributed by atoms with Crippen LogP contribution in [0.5, 0.6) is 0 Å². The van der Waals surface area contributed by atoms with Crippen molar-refractivity contribution in [3.8, 4) is 0 Å². The van der Waals surface area contributed by atoms with Gasteiger partial charge in [-0.3, -0.25) is 0 Å². The molecular formula is C22H26ClN5O2. The second kappa shape index (κ2) is 8.14. The number of ether oxygens (including phenoxy) is 1. The number of halogens is 1. The van der Waals surface area contributed by atoms with Gasteiger partial charge in [0.05, 0.1) is 12.2 Å². The summed E-state index contributed by atoms with van der Waals surface area (Å²) in [6.07, 6.45) is 3.22. The number of nitrogens with one attached hydrogen (secondary N) is 2. The minimum atomic E-state index is -0.532. The monoisotopic (exact) mass is 427 g/mol. The second-order valence-electron chi connectivity index (χ2n) is 8.45. The highest BCUT2D eigenvalue weighted by atomic mass is 35.5. The fourth-order valence-electron chi connectivity index (χ4n) is 3.68. The summed E-state index contributed by atoms with van der Waals surface area (Å²) in [5.41, 5.74) is 3.63. The predicted molar refractivity (Wildman–Crippen MR) is 118 cm³/mol. The first kappa shape index (κ1) is 20.5. The average molecular weight is 428 g/mol. The van der Waals surface area contributed by atoms with Gasteiger partial charge in [0.1, 0.15) is 11.4 Å². The number of nitrogens with zero attached hydrogens (tertiary/aromatic N) is 3. The summed E-state index contributed by atoms with van der Waals surface area (Å²) in [5.74, 6) is 0.744. The smallest absolute Gasteiger partial charge is 0.410 e. The van der Waals surface area contributed by atoms with Crippen LogP contribution in [0.15, 0.2) is 30.5 Å². The van der Waals surface area contributed by atoms with E-state index in [1.807, 2.05) is 39.1 Å². The fourth-order valence-corrected chi connectivity index (χ4v) is 3.87. The molecule has 2 N–H and O–H groups in total. The maximum atomic E-state index is 12.4. The van der Waals surface area contributed by atoms with E-state index in [0.29, 0.717) is 19.5 Å². The van der Waals surface area contributed by atoms with Gasteiger partial charge in [-0.25, -0.2) is 14.8 Å². The van der Waals surface area contributed by atoms with Crippen molar-refractivity contribution < 1.29 is 9.53 Å². The highest BCUT2D eigenvalue weighted by molar-refractivity contribution is 6.28. The number of aromatic nitrogens is 3. The molecule has 1 amide bonds. The minimum absolute atomic E-state index is 0.175. The Balaban J connectivity index is 1.45. The lowest BCUT2D eigenvalue weighted by molar-refractivity contribution is 0.0221. The topological polar surface area (TPSA) is 83.1 Å². The summed E-state index contributed by atoms with van der Waals surface area (Å²) >= 11 is 6.17. The van der Waals surface area contributed by atoms with Crippen molar-refractivity contribution in [1.29, 1.82) is 0 Å². The lowest BCUT2D eigenvalue weighted by Crippen LogP contribution is -2.40. The van der Waals surface area contributed by atoms with E-state index in [1.54, 1.807) is 4.90 Å². The van der Waals surface area contributed by atoms with E-state index in [9.17, 15) is 4.79 Å². The minimum Gasteiger partial charge on any atom is -0.444 e. The Labute approximate surface area is 180 Å². The number of fused-ring (bicyclic) bond motifs is 2. The lowest BCUT2D eigenvalue weighted by Gasteiger charge is -2.31. The third-order valence-electron chi connectivity index (χ3n) is 5.05. The van der Waals surface area contributed by atoms with E-state index in [2.05, 4.69) is 32.4 Å². The molecule has 158 valence electrons. The molecule has 1 aliphatic rings. The summed E-state index contributed by atoms with van der Waals surface area (Å²) in [5, 5.41) is 4.82. The number of carbonyl (C=O) groups is 1. The molecule has 3 aromatic rings. The summed E-state index contributed by atoms with van der Waals surface area (Å²) in [4.78, 5) is 26.1. The summed E-state index contributed by atoms with van der Waals surface area (Å²) < 4.78 is 5.49. The number of hydrogen-bond donors (Lipinski definition) is 2. The van der Waals surface area contributed by atoms with Crippen LogP contribution in [-0.4, -0.2) is 44.6 Å². The lowest BCUT2D eigenvalue weighted by atomic mass is 10.1. The Morgan fingerprint density at radius 3 is 2.90 bits per heavy atom. The molecule has 2 aromatic heterocycles. The third-order valence-corrected chi connectivity index (χ3v) is 5.22. The highest BCUT2D eigenvalue weighted by Crippen LogP contribution is 2.26.